The van der Waals surface area contributed by atoms with Crippen molar-refractivity contribution in [2.24, 2.45) is 0 Å². The van der Waals surface area contributed by atoms with Gasteiger partial charge >= 0.3 is 6.03 Å². The molecule has 1 saturated heterocycles. The van der Waals surface area contributed by atoms with Crippen molar-refractivity contribution < 1.29 is 24.0 Å². The number of amides is 4. The summed E-state index contributed by atoms with van der Waals surface area (Å²) >= 11 is 6.17. The Morgan fingerprint density at radius 2 is 1.65 bits per heavy atom. The predicted octanol–water partition coefficient (Wildman–Crippen LogP) is 4.49. The average molecular weight is 478 g/mol. The first kappa shape index (κ1) is 22.7. The number of benzene rings is 3. The van der Waals surface area contributed by atoms with Crippen LogP contribution in [-0.4, -0.2) is 22.8 Å². The van der Waals surface area contributed by atoms with Crippen LogP contribution in [0.5, 0.6) is 5.75 Å². The van der Waals surface area contributed by atoms with Crippen molar-refractivity contribution >= 4 is 46.9 Å². The van der Waals surface area contributed by atoms with E-state index in [4.69, 9.17) is 16.3 Å². The van der Waals surface area contributed by atoms with Gasteiger partial charge in [0.2, 0.25) is 0 Å². The van der Waals surface area contributed by atoms with Crippen LogP contribution in [0.1, 0.15) is 11.1 Å². The molecule has 4 rings (SSSR count). The highest BCUT2D eigenvalue weighted by Gasteiger charge is 2.37. The molecule has 1 fully saturated rings. The summed E-state index contributed by atoms with van der Waals surface area (Å²) in [4.78, 5) is 49.0. The number of ether oxygens (including phenoxy) is 1. The van der Waals surface area contributed by atoms with Gasteiger partial charge in [-0.15, -0.1) is 0 Å². The normalized spacial score (nSPS) is 14.8. The fraction of sp³-hybridized carbons (Fsp3) is 0.0417. The van der Waals surface area contributed by atoms with Gasteiger partial charge in [-0.3, -0.25) is 25.0 Å². The van der Waals surface area contributed by atoms with Crippen LogP contribution in [0.4, 0.5) is 16.2 Å². The Morgan fingerprint density at radius 3 is 2.35 bits per heavy atom. The largest absolute Gasteiger partial charge is 0.488 e. The number of halogens is 1. The van der Waals surface area contributed by atoms with Crippen LogP contribution in [0.15, 0.2) is 78.4 Å². The van der Waals surface area contributed by atoms with Crippen LogP contribution >= 0.6 is 11.6 Å². The molecule has 1 aliphatic rings. The van der Waals surface area contributed by atoms with Crippen LogP contribution in [0.2, 0.25) is 5.02 Å². The zero-order valence-electron chi connectivity index (χ0n) is 17.4. The summed E-state index contributed by atoms with van der Waals surface area (Å²) < 4.78 is 5.87. The Balaban J connectivity index is 1.63. The number of para-hydroxylation sites is 1. The van der Waals surface area contributed by atoms with E-state index in [0.29, 0.717) is 16.3 Å². The highest BCUT2D eigenvalue weighted by molar-refractivity contribution is 6.39. The second-order valence-electron chi connectivity index (χ2n) is 7.15. The fourth-order valence-corrected chi connectivity index (χ4v) is 3.46. The molecule has 0 radical (unpaired) electrons. The van der Waals surface area contributed by atoms with Gasteiger partial charge in [-0.25, -0.2) is 9.69 Å². The zero-order chi connectivity index (χ0) is 24.2. The number of nitrogens with zero attached hydrogens (tertiary/aromatic N) is 2. The van der Waals surface area contributed by atoms with Crippen molar-refractivity contribution in [1.82, 2.24) is 5.32 Å². The molecule has 3 aromatic carbocycles. The zero-order valence-corrected chi connectivity index (χ0v) is 18.2. The number of nitro groups is 1. The van der Waals surface area contributed by atoms with E-state index in [9.17, 15) is 24.5 Å². The second-order valence-corrected chi connectivity index (χ2v) is 7.56. The monoisotopic (exact) mass is 477 g/mol. The van der Waals surface area contributed by atoms with E-state index in [1.165, 1.54) is 18.2 Å². The summed E-state index contributed by atoms with van der Waals surface area (Å²) in [5.74, 6) is -1.34. The molecule has 0 aliphatic carbocycles. The number of urea groups is 1. The molecule has 34 heavy (non-hydrogen) atoms. The number of rotatable bonds is 6. The maximum absolute atomic E-state index is 13.1. The number of barbiturate groups is 1. The molecule has 0 aromatic heterocycles. The summed E-state index contributed by atoms with van der Waals surface area (Å²) in [7, 11) is 0. The number of imide groups is 2. The molecular formula is C24H16ClN3O6. The molecule has 1 aliphatic heterocycles. The van der Waals surface area contributed by atoms with Crippen LogP contribution in [0, 0.1) is 10.1 Å². The highest BCUT2D eigenvalue weighted by Crippen LogP contribution is 2.27. The van der Waals surface area contributed by atoms with Crippen LogP contribution in [0.25, 0.3) is 6.08 Å². The molecule has 1 N–H and O–H groups in total. The lowest BCUT2D eigenvalue weighted by Crippen LogP contribution is -2.54. The number of anilines is 1. The van der Waals surface area contributed by atoms with E-state index in [0.717, 1.165) is 22.6 Å². The first-order chi connectivity index (χ1) is 16.3. The third-order valence-electron chi connectivity index (χ3n) is 4.98. The molecule has 9 nitrogen and oxygen atoms in total. The summed E-state index contributed by atoms with van der Waals surface area (Å²) in [6.45, 7) is 0.160. The molecule has 4 amide bonds. The lowest BCUT2D eigenvalue weighted by Gasteiger charge is -2.26. The van der Waals surface area contributed by atoms with Crippen molar-refractivity contribution in [2.75, 3.05) is 4.90 Å². The van der Waals surface area contributed by atoms with Crippen molar-refractivity contribution in [3.63, 3.8) is 0 Å². The van der Waals surface area contributed by atoms with Gasteiger partial charge < -0.3 is 4.74 Å². The smallest absolute Gasteiger partial charge is 0.335 e. The summed E-state index contributed by atoms with van der Waals surface area (Å²) in [5.41, 5.74) is 0.769. The third-order valence-corrected chi connectivity index (χ3v) is 5.35. The van der Waals surface area contributed by atoms with Gasteiger partial charge in [0.05, 0.1) is 10.6 Å². The van der Waals surface area contributed by atoms with Gasteiger partial charge in [-0.1, -0.05) is 48.0 Å². The Hall–Kier alpha value is -4.50. The molecule has 1 heterocycles. The molecule has 10 heteroatoms. The lowest BCUT2D eigenvalue weighted by atomic mass is 10.1. The second kappa shape index (κ2) is 9.55. The van der Waals surface area contributed by atoms with Gasteiger partial charge in [0.15, 0.2) is 0 Å². The van der Waals surface area contributed by atoms with Crippen LogP contribution < -0.4 is 15.0 Å². The number of carbonyl (C=O) groups is 3. The topological polar surface area (TPSA) is 119 Å². The van der Waals surface area contributed by atoms with Crippen LogP contribution in [0.3, 0.4) is 0 Å². The first-order valence-electron chi connectivity index (χ1n) is 9.96. The summed E-state index contributed by atoms with van der Waals surface area (Å²) in [6.07, 6.45) is 1.32. The minimum atomic E-state index is -0.954. The predicted molar refractivity (Wildman–Crippen MR) is 124 cm³/mol. The summed E-state index contributed by atoms with van der Waals surface area (Å²) in [5, 5.41) is 13.5. The molecule has 0 saturated carbocycles. The number of hydrogen-bond acceptors (Lipinski definition) is 6. The van der Waals surface area contributed by atoms with Crippen molar-refractivity contribution in [1.29, 1.82) is 0 Å². The Labute approximate surface area is 198 Å². The van der Waals surface area contributed by atoms with E-state index in [1.807, 2.05) is 12.1 Å². The number of nitrogens with one attached hydrogen (secondary N) is 1. The van der Waals surface area contributed by atoms with Gasteiger partial charge in [-0.2, -0.15) is 0 Å². The molecular weight excluding hydrogens is 462 g/mol. The van der Waals surface area contributed by atoms with E-state index < -0.39 is 22.8 Å². The van der Waals surface area contributed by atoms with E-state index in [-0.39, 0.29) is 23.6 Å². The third kappa shape index (κ3) is 4.64. The fourth-order valence-electron chi connectivity index (χ4n) is 3.27. The number of carbonyl (C=O) groups excluding carboxylic acids is 3. The molecule has 0 unspecified atom stereocenters. The standard InChI is InChI=1S/C24H16ClN3O6/c25-20-7-3-1-6-16(20)14-34-21-8-4-2-5-15(21)13-19-22(29)26-24(31)27(23(19)30)17-9-11-18(12-10-17)28(32)33/h1-13H,14H2,(H,26,29,31). The number of nitro benzene ring substituents is 1. The highest BCUT2D eigenvalue weighted by atomic mass is 35.5. The molecule has 0 spiro atoms. The van der Waals surface area contributed by atoms with E-state index in [2.05, 4.69) is 5.32 Å². The Kier molecular flexibility index (Phi) is 6.37. The SMILES string of the molecule is O=C1NC(=O)N(c2ccc([N+](=O)[O-])cc2)C(=O)C1=Cc1ccccc1OCc1ccccc1Cl. The van der Waals surface area contributed by atoms with E-state index in [1.54, 1.807) is 36.4 Å². The maximum atomic E-state index is 13.1. The lowest BCUT2D eigenvalue weighted by molar-refractivity contribution is -0.384. The quantitative estimate of drug-likeness (QED) is 0.242. The van der Waals surface area contributed by atoms with Gasteiger partial charge in [-0.05, 0) is 30.3 Å². The minimum Gasteiger partial charge on any atom is -0.488 e. The van der Waals surface area contributed by atoms with Gasteiger partial charge in [0.25, 0.3) is 17.5 Å². The molecule has 0 atom stereocenters. The minimum absolute atomic E-state index is 0.0785. The first-order valence-corrected chi connectivity index (χ1v) is 10.3. The van der Waals surface area contributed by atoms with Crippen molar-refractivity contribution in [2.45, 2.75) is 6.61 Å². The molecule has 170 valence electrons. The van der Waals surface area contributed by atoms with Gasteiger partial charge in [0.1, 0.15) is 17.9 Å². The maximum Gasteiger partial charge on any atom is 0.335 e. The molecule has 3 aromatic rings. The average Bonchev–Trinajstić information content (AvgIpc) is 2.82. The van der Waals surface area contributed by atoms with Crippen molar-refractivity contribution in [3.05, 3.63) is 105 Å². The van der Waals surface area contributed by atoms with E-state index >= 15 is 0 Å². The Bertz CT molecular complexity index is 1340. The molecule has 0 bridgehead atoms. The van der Waals surface area contributed by atoms with Crippen molar-refractivity contribution in [3.8, 4) is 5.75 Å². The Morgan fingerprint density at radius 1 is 0.971 bits per heavy atom. The number of non-ortho nitro benzene ring substituents is 1. The number of hydrogen-bond donors (Lipinski definition) is 1. The van der Waals surface area contributed by atoms with Crippen LogP contribution in [-0.2, 0) is 16.2 Å². The van der Waals surface area contributed by atoms with Gasteiger partial charge in [0, 0.05) is 28.3 Å². The summed E-state index contributed by atoms with van der Waals surface area (Å²) in [6, 6.07) is 17.8.